The van der Waals surface area contributed by atoms with Gasteiger partial charge in [-0.15, -0.1) is 0 Å². The lowest BCUT2D eigenvalue weighted by atomic mass is 10.2. The summed E-state index contributed by atoms with van der Waals surface area (Å²) in [4.78, 5) is 12.0. The van der Waals surface area contributed by atoms with Crippen molar-refractivity contribution >= 4 is 23.7 Å². The van der Waals surface area contributed by atoms with Gasteiger partial charge in [0.2, 0.25) is 0 Å². The molecule has 0 bridgehead atoms. The number of nitrogens with zero attached hydrogens (tertiary/aromatic N) is 3. The number of rotatable bonds is 7. The van der Waals surface area contributed by atoms with Gasteiger partial charge < -0.3 is 4.74 Å². The van der Waals surface area contributed by atoms with Gasteiger partial charge in [-0.2, -0.15) is 10.2 Å². The second-order valence-corrected chi connectivity index (χ2v) is 6.74. The first-order valence-corrected chi connectivity index (χ1v) is 9.18. The van der Waals surface area contributed by atoms with E-state index in [1.165, 1.54) is 0 Å². The van der Waals surface area contributed by atoms with Gasteiger partial charge in [0.15, 0.2) is 0 Å². The van der Waals surface area contributed by atoms with Crippen LogP contribution in [-0.2, 0) is 17.9 Å². The molecule has 0 saturated carbocycles. The Balaban J connectivity index is 1.54. The zero-order valence-corrected chi connectivity index (χ0v) is 16.5. The Morgan fingerprint density at radius 3 is 2.79 bits per heavy atom. The molecule has 0 atom stereocenters. The second-order valence-electron chi connectivity index (χ2n) is 6.33. The molecule has 144 valence electrons. The summed E-state index contributed by atoms with van der Waals surface area (Å²) in [6.07, 6.45) is 1.57. The molecule has 7 heteroatoms. The number of hydrazone groups is 1. The van der Waals surface area contributed by atoms with Crippen LogP contribution in [0.4, 0.5) is 0 Å². The van der Waals surface area contributed by atoms with E-state index in [-0.39, 0.29) is 12.5 Å². The zero-order chi connectivity index (χ0) is 19.9. The Morgan fingerprint density at radius 2 is 2.04 bits per heavy atom. The van der Waals surface area contributed by atoms with E-state index in [0.29, 0.717) is 17.4 Å². The van der Waals surface area contributed by atoms with Crippen LogP contribution in [0.15, 0.2) is 59.7 Å². The van der Waals surface area contributed by atoms with E-state index in [9.17, 15) is 4.79 Å². The van der Waals surface area contributed by atoms with Gasteiger partial charge in [-0.1, -0.05) is 41.9 Å². The van der Waals surface area contributed by atoms with Crippen LogP contribution in [0.25, 0.3) is 0 Å². The molecule has 6 nitrogen and oxygen atoms in total. The molecule has 1 amide bonds. The van der Waals surface area contributed by atoms with Gasteiger partial charge in [0.1, 0.15) is 18.9 Å². The van der Waals surface area contributed by atoms with Crippen molar-refractivity contribution in [2.24, 2.45) is 5.10 Å². The minimum atomic E-state index is -0.242. The summed E-state index contributed by atoms with van der Waals surface area (Å²) in [5.74, 6) is 0.450. The van der Waals surface area contributed by atoms with Gasteiger partial charge in [0.25, 0.3) is 5.91 Å². The monoisotopic (exact) mass is 396 g/mol. The Hall–Kier alpha value is -3.12. The highest BCUT2D eigenvalue weighted by Crippen LogP contribution is 2.19. The molecule has 0 saturated heterocycles. The van der Waals surface area contributed by atoms with Gasteiger partial charge in [0.05, 0.1) is 11.9 Å². The van der Waals surface area contributed by atoms with E-state index in [1.807, 2.05) is 68.4 Å². The maximum atomic E-state index is 12.0. The van der Waals surface area contributed by atoms with Crippen LogP contribution >= 0.6 is 11.6 Å². The molecule has 0 fully saturated rings. The highest BCUT2D eigenvalue weighted by molar-refractivity contribution is 6.31. The van der Waals surface area contributed by atoms with Crippen molar-refractivity contribution in [3.05, 3.63) is 82.1 Å². The van der Waals surface area contributed by atoms with Crippen LogP contribution in [0, 0.1) is 13.8 Å². The first-order chi connectivity index (χ1) is 13.5. The number of hydrogen-bond acceptors (Lipinski definition) is 4. The van der Waals surface area contributed by atoms with E-state index >= 15 is 0 Å². The van der Waals surface area contributed by atoms with Crippen molar-refractivity contribution in [1.29, 1.82) is 0 Å². The van der Waals surface area contributed by atoms with Crippen molar-refractivity contribution in [3.63, 3.8) is 0 Å². The predicted octanol–water partition coefficient (Wildman–Crippen LogP) is 3.88. The minimum absolute atomic E-state index is 0.123. The van der Waals surface area contributed by atoms with Crippen LogP contribution < -0.4 is 10.2 Å². The number of aromatic nitrogens is 2. The van der Waals surface area contributed by atoms with Crippen molar-refractivity contribution in [1.82, 2.24) is 15.2 Å². The number of carbonyl (C=O) groups excluding carboxylic acids is 1. The first kappa shape index (κ1) is 19.6. The summed E-state index contributed by atoms with van der Waals surface area (Å²) in [6.45, 7) is 4.29. The van der Waals surface area contributed by atoms with E-state index in [1.54, 1.807) is 10.9 Å². The minimum Gasteiger partial charge on any atom is -0.489 e. The maximum Gasteiger partial charge on any atom is 0.261 e. The van der Waals surface area contributed by atoms with Crippen molar-refractivity contribution in [2.75, 3.05) is 0 Å². The predicted molar refractivity (Wildman–Crippen MR) is 110 cm³/mol. The Bertz CT molecular complexity index is 998. The highest BCUT2D eigenvalue weighted by Gasteiger charge is 2.06. The highest BCUT2D eigenvalue weighted by atomic mass is 35.5. The average Bonchev–Trinajstić information content (AvgIpc) is 2.98. The van der Waals surface area contributed by atoms with Gasteiger partial charge in [0, 0.05) is 16.3 Å². The quantitative estimate of drug-likeness (QED) is 0.486. The number of amides is 1. The number of hydrogen-bond donors (Lipinski definition) is 1. The Labute approximate surface area is 168 Å². The summed E-state index contributed by atoms with van der Waals surface area (Å²) in [7, 11) is 0. The lowest BCUT2D eigenvalue weighted by Gasteiger charge is -2.08. The van der Waals surface area contributed by atoms with Crippen LogP contribution in [0.3, 0.4) is 0 Å². The first-order valence-electron chi connectivity index (χ1n) is 8.80. The van der Waals surface area contributed by atoms with Crippen molar-refractivity contribution in [2.45, 2.75) is 27.0 Å². The molecule has 28 heavy (non-hydrogen) atoms. The number of aryl methyl sites for hydroxylation is 2. The fourth-order valence-corrected chi connectivity index (χ4v) is 2.84. The molecule has 0 aliphatic heterocycles. The third-order valence-corrected chi connectivity index (χ3v) is 4.38. The molecule has 1 aromatic heterocycles. The third-order valence-electron chi connectivity index (χ3n) is 4.01. The SMILES string of the molecule is Cc1cc(C)n(CC(=O)N/N=C\c2cccc(OCc3ccccc3Cl)c2)n1. The number of nitrogens with one attached hydrogen (secondary N) is 1. The molecule has 0 aliphatic carbocycles. The molecular formula is C21H21ClN4O2. The fourth-order valence-electron chi connectivity index (χ4n) is 2.65. The van der Waals surface area contributed by atoms with Gasteiger partial charge in [-0.25, -0.2) is 5.43 Å². The Kier molecular flexibility index (Phi) is 6.45. The summed E-state index contributed by atoms with van der Waals surface area (Å²) in [5, 5.41) is 8.93. The van der Waals surface area contributed by atoms with Crippen LogP contribution in [-0.4, -0.2) is 21.9 Å². The number of halogens is 1. The van der Waals surface area contributed by atoms with E-state index < -0.39 is 0 Å². The van der Waals surface area contributed by atoms with Crippen LogP contribution in [0.1, 0.15) is 22.5 Å². The van der Waals surface area contributed by atoms with Crippen molar-refractivity contribution in [3.8, 4) is 5.75 Å². The van der Waals surface area contributed by atoms with Crippen LogP contribution in [0.5, 0.6) is 5.75 Å². The molecule has 3 aromatic rings. The largest absolute Gasteiger partial charge is 0.489 e. The molecule has 1 heterocycles. The molecule has 1 N–H and O–H groups in total. The molecule has 0 radical (unpaired) electrons. The summed E-state index contributed by atoms with van der Waals surface area (Å²) in [6, 6.07) is 16.9. The molecular weight excluding hydrogens is 376 g/mol. The smallest absolute Gasteiger partial charge is 0.261 e. The second kappa shape index (κ2) is 9.19. The standard InChI is InChI=1S/C21H21ClN4O2/c1-15-10-16(2)26(25-15)13-21(27)24-23-12-17-6-5-8-19(11-17)28-14-18-7-3-4-9-20(18)22/h3-12H,13-14H2,1-2H3,(H,24,27)/b23-12-. The molecule has 2 aromatic carbocycles. The fraction of sp³-hybridized carbons (Fsp3) is 0.190. The molecule has 3 rings (SSSR count). The number of benzene rings is 2. The van der Waals surface area contributed by atoms with E-state index in [0.717, 1.165) is 22.5 Å². The van der Waals surface area contributed by atoms with Gasteiger partial charge >= 0.3 is 0 Å². The zero-order valence-electron chi connectivity index (χ0n) is 15.7. The van der Waals surface area contributed by atoms with Crippen LogP contribution in [0.2, 0.25) is 5.02 Å². The Morgan fingerprint density at radius 1 is 1.21 bits per heavy atom. The third kappa shape index (κ3) is 5.44. The van der Waals surface area contributed by atoms with E-state index in [2.05, 4.69) is 15.6 Å². The number of carbonyl (C=O) groups is 1. The van der Waals surface area contributed by atoms with Crippen molar-refractivity contribution < 1.29 is 9.53 Å². The lowest BCUT2D eigenvalue weighted by Crippen LogP contribution is -2.24. The topological polar surface area (TPSA) is 68.5 Å². The maximum absolute atomic E-state index is 12.0. The summed E-state index contributed by atoms with van der Waals surface area (Å²) in [5.41, 5.74) is 6.04. The van der Waals surface area contributed by atoms with Gasteiger partial charge in [-0.3, -0.25) is 9.48 Å². The number of ether oxygens (including phenoxy) is 1. The van der Waals surface area contributed by atoms with E-state index in [4.69, 9.17) is 16.3 Å². The molecule has 0 aliphatic rings. The average molecular weight is 397 g/mol. The van der Waals surface area contributed by atoms with Gasteiger partial charge in [-0.05, 0) is 43.7 Å². The molecule has 0 unspecified atom stereocenters. The normalized spacial score (nSPS) is 11.0. The molecule has 0 spiro atoms. The lowest BCUT2D eigenvalue weighted by molar-refractivity contribution is -0.121. The summed E-state index contributed by atoms with van der Waals surface area (Å²) < 4.78 is 7.43. The summed E-state index contributed by atoms with van der Waals surface area (Å²) >= 11 is 6.14.